The molecule has 0 saturated carbocycles. The SMILES string of the molecule is Clc1ccc(-c2nnc(COc3cccc(Cl)c3Cl)o2)cc1. The zero-order valence-electron chi connectivity index (χ0n) is 11.1. The first-order chi connectivity index (χ1) is 10.6. The van der Waals surface area contributed by atoms with Crippen LogP contribution in [0.2, 0.25) is 15.1 Å². The Labute approximate surface area is 141 Å². The summed E-state index contributed by atoms with van der Waals surface area (Å²) in [5, 5.41) is 9.31. The molecule has 0 unspecified atom stereocenters. The monoisotopic (exact) mass is 354 g/mol. The van der Waals surface area contributed by atoms with Crippen LogP contribution >= 0.6 is 34.8 Å². The van der Waals surface area contributed by atoms with Crippen molar-refractivity contribution < 1.29 is 9.15 Å². The van der Waals surface area contributed by atoms with Crippen LogP contribution in [0.3, 0.4) is 0 Å². The Morgan fingerprint density at radius 1 is 0.955 bits per heavy atom. The molecule has 0 bridgehead atoms. The Balaban J connectivity index is 1.72. The van der Waals surface area contributed by atoms with E-state index < -0.39 is 0 Å². The van der Waals surface area contributed by atoms with Crippen molar-refractivity contribution in [2.45, 2.75) is 6.61 Å². The molecule has 1 heterocycles. The Morgan fingerprint density at radius 2 is 1.73 bits per heavy atom. The molecule has 0 aliphatic carbocycles. The molecule has 0 aliphatic rings. The van der Waals surface area contributed by atoms with Crippen molar-refractivity contribution in [1.82, 2.24) is 10.2 Å². The van der Waals surface area contributed by atoms with Crippen molar-refractivity contribution in [3.8, 4) is 17.2 Å². The average molecular weight is 356 g/mol. The third-order valence-corrected chi connectivity index (χ3v) is 3.88. The molecule has 0 fully saturated rings. The summed E-state index contributed by atoms with van der Waals surface area (Å²) >= 11 is 17.8. The van der Waals surface area contributed by atoms with Crippen LogP contribution in [0, 0.1) is 0 Å². The number of hydrogen-bond donors (Lipinski definition) is 0. The molecule has 2 aromatic carbocycles. The first-order valence-electron chi connectivity index (χ1n) is 6.28. The molecule has 1 aromatic heterocycles. The third kappa shape index (κ3) is 3.35. The van der Waals surface area contributed by atoms with Gasteiger partial charge in [-0.2, -0.15) is 0 Å². The smallest absolute Gasteiger partial charge is 0.254 e. The van der Waals surface area contributed by atoms with Crippen LogP contribution < -0.4 is 4.74 Å². The molecule has 0 radical (unpaired) electrons. The zero-order chi connectivity index (χ0) is 15.5. The lowest BCUT2D eigenvalue weighted by molar-refractivity contribution is 0.264. The van der Waals surface area contributed by atoms with Gasteiger partial charge in [0.05, 0.1) is 5.02 Å². The van der Waals surface area contributed by atoms with Gasteiger partial charge in [-0.05, 0) is 36.4 Å². The number of nitrogens with zero attached hydrogens (tertiary/aromatic N) is 2. The van der Waals surface area contributed by atoms with E-state index in [0.717, 1.165) is 5.56 Å². The van der Waals surface area contributed by atoms with Crippen LogP contribution in [-0.2, 0) is 6.61 Å². The minimum absolute atomic E-state index is 0.0979. The quantitative estimate of drug-likeness (QED) is 0.639. The third-order valence-electron chi connectivity index (χ3n) is 2.83. The summed E-state index contributed by atoms with van der Waals surface area (Å²) in [6.07, 6.45) is 0. The van der Waals surface area contributed by atoms with Crippen LogP contribution in [0.5, 0.6) is 5.75 Å². The average Bonchev–Trinajstić information content (AvgIpc) is 2.98. The molecule has 22 heavy (non-hydrogen) atoms. The van der Waals surface area contributed by atoms with Gasteiger partial charge in [0.2, 0.25) is 5.89 Å². The molecule has 7 heteroatoms. The standard InChI is InChI=1S/C15H9Cl3N2O2/c16-10-6-4-9(5-7-10)15-20-19-13(22-15)8-21-12-3-1-2-11(17)14(12)18/h1-7H,8H2. The van der Waals surface area contributed by atoms with Gasteiger partial charge in [0, 0.05) is 10.6 Å². The van der Waals surface area contributed by atoms with Crippen LogP contribution in [0.1, 0.15) is 5.89 Å². The van der Waals surface area contributed by atoms with Gasteiger partial charge in [-0.1, -0.05) is 40.9 Å². The predicted octanol–water partition coefficient (Wildman–Crippen LogP) is 5.28. The summed E-state index contributed by atoms with van der Waals surface area (Å²) in [5.41, 5.74) is 0.781. The van der Waals surface area contributed by atoms with Crippen molar-refractivity contribution in [2.75, 3.05) is 0 Å². The van der Waals surface area contributed by atoms with E-state index in [1.807, 2.05) is 0 Å². The fraction of sp³-hybridized carbons (Fsp3) is 0.0667. The van der Waals surface area contributed by atoms with E-state index in [9.17, 15) is 0 Å². The largest absolute Gasteiger partial charge is 0.482 e. The number of aromatic nitrogens is 2. The van der Waals surface area contributed by atoms with Gasteiger partial charge < -0.3 is 9.15 Å². The van der Waals surface area contributed by atoms with Gasteiger partial charge in [-0.15, -0.1) is 10.2 Å². The fourth-order valence-corrected chi connectivity index (χ4v) is 2.23. The zero-order valence-corrected chi connectivity index (χ0v) is 13.4. The molecule has 0 spiro atoms. The first kappa shape index (κ1) is 15.2. The summed E-state index contributed by atoms with van der Waals surface area (Å²) in [5.74, 6) is 1.19. The maximum Gasteiger partial charge on any atom is 0.254 e. The second kappa shape index (κ2) is 6.57. The normalized spacial score (nSPS) is 10.7. The Morgan fingerprint density at radius 3 is 2.50 bits per heavy atom. The Kier molecular flexibility index (Phi) is 4.52. The summed E-state index contributed by atoms with van der Waals surface area (Å²) in [6, 6.07) is 12.2. The molecule has 0 aliphatic heterocycles. The minimum atomic E-state index is 0.0979. The Bertz CT molecular complexity index is 788. The van der Waals surface area contributed by atoms with Gasteiger partial charge in [0.1, 0.15) is 10.8 Å². The maximum atomic E-state index is 6.04. The molecular formula is C15H9Cl3N2O2. The van der Waals surface area contributed by atoms with Gasteiger partial charge in [-0.25, -0.2) is 0 Å². The van der Waals surface area contributed by atoms with Crippen molar-refractivity contribution in [2.24, 2.45) is 0 Å². The summed E-state index contributed by atoms with van der Waals surface area (Å²) < 4.78 is 11.1. The highest BCUT2D eigenvalue weighted by molar-refractivity contribution is 6.42. The molecule has 3 aromatic rings. The highest BCUT2D eigenvalue weighted by atomic mass is 35.5. The number of hydrogen-bond acceptors (Lipinski definition) is 4. The molecule has 0 amide bonds. The predicted molar refractivity (Wildman–Crippen MR) is 85.5 cm³/mol. The van der Waals surface area contributed by atoms with Crippen molar-refractivity contribution in [3.05, 3.63) is 63.4 Å². The minimum Gasteiger partial charge on any atom is -0.482 e. The van der Waals surface area contributed by atoms with Crippen LogP contribution in [0.15, 0.2) is 46.9 Å². The lowest BCUT2D eigenvalue weighted by Crippen LogP contribution is -1.96. The van der Waals surface area contributed by atoms with Crippen LogP contribution in [-0.4, -0.2) is 10.2 Å². The summed E-state index contributed by atoms with van der Waals surface area (Å²) in [6.45, 7) is 0.0979. The lowest BCUT2D eigenvalue weighted by atomic mass is 10.2. The van der Waals surface area contributed by atoms with E-state index >= 15 is 0 Å². The molecule has 3 rings (SSSR count). The van der Waals surface area contributed by atoms with E-state index in [1.165, 1.54) is 0 Å². The summed E-state index contributed by atoms with van der Waals surface area (Å²) in [4.78, 5) is 0. The number of halogens is 3. The molecule has 4 nitrogen and oxygen atoms in total. The molecule has 0 N–H and O–H groups in total. The van der Waals surface area contributed by atoms with Gasteiger partial charge in [0.25, 0.3) is 5.89 Å². The van der Waals surface area contributed by atoms with Crippen molar-refractivity contribution >= 4 is 34.8 Å². The van der Waals surface area contributed by atoms with Gasteiger partial charge in [0.15, 0.2) is 6.61 Å². The number of benzene rings is 2. The molecular weight excluding hydrogens is 347 g/mol. The van der Waals surface area contributed by atoms with Gasteiger partial charge in [-0.3, -0.25) is 0 Å². The highest BCUT2D eigenvalue weighted by Crippen LogP contribution is 2.32. The second-order valence-corrected chi connectivity index (χ2v) is 5.57. The number of rotatable bonds is 4. The molecule has 112 valence electrons. The van der Waals surface area contributed by atoms with Gasteiger partial charge >= 0.3 is 0 Å². The van der Waals surface area contributed by atoms with E-state index in [1.54, 1.807) is 42.5 Å². The van der Waals surface area contributed by atoms with Crippen LogP contribution in [0.25, 0.3) is 11.5 Å². The maximum absolute atomic E-state index is 6.04. The van der Waals surface area contributed by atoms with E-state index in [2.05, 4.69) is 10.2 Å². The first-order valence-corrected chi connectivity index (χ1v) is 7.42. The van der Waals surface area contributed by atoms with Crippen LogP contribution in [0.4, 0.5) is 0 Å². The van der Waals surface area contributed by atoms with E-state index in [0.29, 0.717) is 32.6 Å². The van der Waals surface area contributed by atoms with E-state index in [4.69, 9.17) is 44.0 Å². The molecule has 0 atom stereocenters. The number of ether oxygens (including phenoxy) is 1. The fourth-order valence-electron chi connectivity index (χ4n) is 1.76. The van der Waals surface area contributed by atoms with Crippen molar-refractivity contribution in [3.63, 3.8) is 0 Å². The van der Waals surface area contributed by atoms with E-state index in [-0.39, 0.29) is 6.61 Å². The highest BCUT2D eigenvalue weighted by Gasteiger charge is 2.11. The topological polar surface area (TPSA) is 48.2 Å². The lowest BCUT2D eigenvalue weighted by Gasteiger charge is -2.06. The molecule has 0 saturated heterocycles. The second-order valence-electron chi connectivity index (χ2n) is 4.35. The summed E-state index contributed by atoms with van der Waals surface area (Å²) in [7, 11) is 0. The van der Waals surface area contributed by atoms with Crippen molar-refractivity contribution in [1.29, 1.82) is 0 Å². The Hall–Kier alpha value is -1.75.